The molecule has 0 fully saturated rings. The van der Waals surface area contributed by atoms with E-state index in [0.29, 0.717) is 0 Å². The molecule has 0 aliphatic carbocycles. The van der Waals surface area contributed by atoms with Crippen molar-refractivity contribution in [2.45, 2.75) is 13.1 Å². The molecule has 0 aliphatic heterocycles. The summed E-state index contributed by atoms with van der Waals surface area (Å²) in [5.41, 5.74) is -1.84. The highest BCUT2D eigenvalue weighted by molar-refractivity contribution is 6.01. The first-order valence-electron chi connectivity index (χ1n) is 7.44. The fourth-order valence-corrected chi connectivity index (χ4v) is 2.31. The molecule has 0 saturated heterocycles. The highest BCUT2D eigenvalue weighted by Crippen LogP contribution is 2.33. The van der Waals surface area contributed by atoms with Crippen molar-refractivity contribution in [2.24, 2.45) is 14.1 Å². The van der Waals surface area contributed by atoms with Gasteiger partial charge in [-0.3, -0.25) is 14.2 Å². The number of amides is 1. The van der Waals surface area contributed by atoms with Crippen LogP contribution in [0.25, 0.3) is 6.08 Å². The Morgan fingerprint density at radius 3 is 2.46 bits per heavy atom. The molecule has 2 rings (SSSR count). The molecular formula is C17H16F3N3O3. The first kappa shape index (κ1) is 19.2. The molecule has 0 atom stereocenters. The molecule has 0 bridgehead atoms. The maximum absolute atomic E-state index is 12.9. The van der Waals surface area contributed by atoms with E-state index >= 15 is 0 Å². The van der Waals surface area contributed by atoms with E-state index in [9.17, 15) is 27.6 Å². The summed E-state index contributed by atoms with van der Waals surface area (Å²) in [6, 6.07) is 3.44. The maximum Gasteiger partial charge on any atom is 0.416 e. The smallest absolute Gasteiger partial charge is 0.322 e. The number of halogens is 3. The quantitative estimate of drug-likeness (QED) is 0.844. The number of aryl methyl sites for hydroxylation is 2. The van der Waals surface area contributed by atoms with Crippen LogP contribution in [0.2, 0.25) is 0 Å². The standard InChI is InChI=1S/C17H16F3N3O3/c1-10-4-6-12(8-13(10)17(18,19)20)21-14(24)7-5-11-9-22(2)16(26)23(3)15(11)25/h4-9H,1-3H3,(H,21,24)/b7-5+. The van der Waals surface area contributed by atoms with Crippen molar-refractivity contribution < 1.29 is 18.0 Å². The molecule has 0 radical (unpaired) electrons. The van der Waals surface area contributed by atoms with E-state index in [2.05, 4.69) is 5.32 Å². The second-order valence-electron chi connectivity index (χ2n) is 5.69. The molecule has 1 amide bonds. The minimum atomic E-state index is -4.53. The van der Waals surface area contributed by atoms with Gasteiger partial charge in [-0.15, -0.1) is 0 Å². The summed E-state index contributed by atoms with van der Waals surface area (Å²) in [6.07, 6.45) is -1.06. The number of benzene rings is 1. The molecule has 138 valence electrons. The molecule has 1 heterocycles. The molecule has 0 aliphatic rings. The molecule has 6 nitrogen and oxygen atoms in total. The summed E-state index contributed by atoms with van der Waals surface area (Å²) >= 11 is 0. The Hall–Kier alpha value is -3.10. The maximum atomic E-state index is 12.9. The van der Waals surface area contributed by atoms with Gasteiger partial charge in [-0.2, -0.15) is 13.2 Å². The Bertz CT molecular complexity index is 1000. The van der Waals surface area contributed by atoms with Gasteiger partial charge in [0.1, 0.15) is 0 Å². The summed E-state index contributed by atoms with van der Waals surface area (Å²) in [7, 11) is 2.75. The van der Waals surface area contributed by atoms with Crippen molar-refractivity contribution >= 4 is 17.7 Å². The van der Waals surface area contributed by atoms with Crippen LogP contribution in [0.5, 0.6) is 0 Å². The van der Waals surface area contributed by atoms with E-state index in [1.165, 1.54) is 50.0 Å². The third kappa shape index (κ3) is 4.11. The second-order valence-corrected chi connectivity index (χ2v) is 5.69. The number of hydrogen-bond donors (Lipinski definition) is 1. The summed E-state index contributed by atoms with van der Waals surface area (Å²) in [5.74, 6) is -0.710. The van der Waals surface area contributed by atoms with Crippen LogP contribution in [0.3, 0.4) is 0 Å². The average Bonchev–Trinajstić information content (AvgIpc) is 2.55. The van der Waals surface area contributed by atoms with Crippen LogP contribution >= 0.6 is 0 Å². The van der Waals surface area contributed by atoms with Crippen LogP contribution in [0.1, 0.15) is 16.7 Å². The van der Waals surface area contributed by atoms with Crippen molar-refractivity contribution in [2.75, 3.05) is 5.32 Å². The van der Waals surface area contributed by atoms with Gasteiger partial charge in [-0.1, -0.05) is 6.07 Å². The lowest BCUT2D eigenvalue weighted by atomic mass is 10.1. The van der Waals surface area contributed by atoms with Gasteiger partial charge in [0.05, 0.1) is 11.1 Å². The second kappa shape index (κ2) is 7.03. The lowest BCUT2D eigenvalue weighted by Crippen LogP contribution is -2.37. The Balaban J connectivity index is 2.24. The highest BCUT2D eigenvalue weighted by Gasteiger charge is 2.32. The third-order valence-corrected chi connectivity index (χ3v) is 3.70. The van der Waals surface area contributed by atoms with Crippen molar-refractivity contribution in [3.05, 3.63) is 68.0 Å². The van der Waals surface area contributed by atoms with Gasteiger partial charge < -0.3 is 9.88 Å². The zero-order chi connectivity index (χ0) is 19.6. The lowest BCUT2D eigenvalue weighted by molar-refractivity contribution is -0.138. The molecule has 0 saturated carbocycles. The fourth-order valence-electron chi connectivity index (χ4n) is 2.31. The molecule has 26 heavy (non-hydrogen) atoms. The fraction of sp³-hybridized carbons (Fsp3) is 0.235. The van der Waals surface area contributed by atoms with Crippen LogP contribution in [-0.4, -0.2) is 15.0 Å². The number of rotatable bonds is 3. The first-order chi connectivity index (χ1) is 12.0. The van der Waals surface area contributed by atoms with E-state index in [1.807, 2.05) is 0 Å². The van der Waals surface area contributed by atoms with Crippen LogP contribution in [-0.2, 0) is 25.1 Å². The molecular weight excluding hydrogens is 351 g/mol. The van der Waals surface area contributed by atoms with Crippen molar-refractivity contribution in [3.8, 4) is 0 Å². The van der Waals surface area contributed by atoms with Gasteiger partial charge in [0.2, 0.25) is 5.91 Å². The predicted octanol–water partition coefficient (Wildman–Crippen LogP) is 2.06. The molecule has 2 aromatic rings. The Morgan fingerprint density at radius 1 is 1.19 bits per heavy atom. The van der Waals surface area contributed by atoms with Crippen molar-refractivity contribution in [1.29, 1.82) is 0 Å². The van der Waals surface area contributed by atoms with Crippen molar-refractivity contribution in [1.82, 2.24) is 9.13 Å². The average molecular weight is 367 g/mol. The van der Waals surface area contributed by atoms with E-state index in [4.69, 9.17) is 0 Å². The van der Waals surface area contributed by atoms with Gasteiger partial charge >= 0.3 is 11.9 Å². The molecule has 0 unspecified atom stereocenters. The van der Waals surface area contributed by atoms with Crippen LogP contribution in [0.15, 0.2) is 40.1 Å². The summed E-state index contributed by atoms with van der Waals surface area (Å²) in [4.78, 5) is 35.5. The monoisotopic (exact) mass is 367 g/mol. The molecule has 0 spiro atoms. The largest absolute Gasteiger partial charge is 0.416 e. The van der Waals surface area contributed by atoms with Crippen LogP contribution in [0, 0.1) is 6.92 Å². The Labute approximate surface area is 146 Å². The van der Waals surface area contributed by atoms with Crippen molar-refractivity contribution in [3.63, 3.8) is 0 Å². The topological polar surface area (TPSA) is 73.1 Å². The minimum absolute atomic E-state index is 0.0223. The number of anilines is 1. The molecule has 1 aromatic heterocycles. The SMILES string of the molecule is Cc1ccc(NC(=O)/C=C/c2cn(C)c(=O)n(C)c2=O)cc1C(F)(F)F. The number of alkyl halides is 3. The number of carbonyl (C=O) groups excluding carboxylic acids is 1. The van der Waals surface area contributed by atoms with E-state index in [0.717, 1.165) is 16.7 Å². The van der Waals surface area contributed by atoms with Gasteiger partial charge in [0, 0.05) is 32.1 Å². The summed E-state index contributed by atoms with van der Waals surface area (Å²) < 4.78 is 40.7. The third-order valence-electron chi connectivity index (χ3n) is 3.70. The molecule has 9 heteroatoms. The lowest BCUT2D eigenvalue weighted by Gasteiger charge is -2.12. The zero-order valence-electron chi connectivity index (χ0n) is 14.2. The van der Waals surface area contributed by atoms with E-state index < -0.39 is 28.9 Å². The minimum Gasteiger partial charge on any atom is -0.322 e. The number of nitrogens with one attached hydrogen (secondary N) is 1. The number of nitrogens with zero attached hydrogens (tertiary/aromatic N) is 2. The van der Waals surface area contributed by atoms with Crippen LogP contribution < -0.4 is 16.6 Å². The predicted molar refractivity (Wildman–Crippen MR) is 90.8 cm³/mol. The Kier molecular flexibility index (Phi) is 5.20. The summed E-state index contributed by atoms with van der Waals surface area (Å²) in [5, 5.41) is 2.31. The van der Waals surface area contributed by atoms with E-state index in [1.54, 1.807) is 0 Å². The van der Waals surface area contributed by atoms with Gasteiger partial charge in [-0.05, 0) is 30.7 Å². The first-order valence-corrected chi connectivity index (χ1v) is 7.44. The van der Waals surface area contributed by atoms with Crippen LogP contribution in [0.4, 0.5) is 18.9 Å². The van der Waals surface area contributed by atoms with E-state index in [-0.39, 0.29) is 16.8 Å². The van der Waals surface area contributed by atoms with Gasteiger partial charge in [0.15, 0.2) is 0 Å². The number of carbonyl (C=O) groups is 1. The molecule has 1 N–H and O–H groups in total. The number of hydrogen-bond acceptors (Lipinski definition) is 3. The summed E-state index contributed by atoms with van der Waals surface area (Å²) in [6.45, 7) is 1.32. The normalized spacial score (nSPS) is 11.8. The zero-order valence-corrected chi connectivity index (χ0v) is 14.2. The number of aromatic nitrogens is 2. The van der Waals surface area contributed by atoms with Gasteiger partial charge in [0.25, 0.3) is 5.56 Å². The van der Waals surface area contributed by atoms with Gasteiger partial charge in [-0.25, -0.2) is 4.79 Å². The Morgan fingerprint density at radius 2 is 1.85 bits per heavy atom. The molecule has 1 aromatic carbocycles. The highest BCUT2D eigenvalue weighted by atomic mass is 19.4.